The fraction of sp³-hybridized carbons (Fsp3) is 0.167. The monoisotopic (exact) mass is 402 g/mol. The predicted molar refractivity (Wildman–Crippen MR) is 105 cm³/mol. The summed E-state index contributed by atoms with van der Waals surface area (Å²) in [4.78, 5) is 25.6. The molecule has 9 heteroatoms. The van der Waals surface area contributed by atoms with Crippen molar-refractivity contribution in [1.82, 2.24) is 14.5 Å². The third-order valence-electron chi connectivity index (χ3n) is 4.36. The van der Waals surface area contributed by atoms with E-state index in [4.69, 9.17) is 16.1 Å². The number of nitrogens with zero attached hydrogens (tertiary/aromatic N) is 3. The molecular weight excluding hydrogens is 388 g/mol. The number of carbonyl (C=O) groups is 1. The van der Waals surface area contributed by atoms with Crippen LogP contribution in [-0.2, 0) is 25.3 Å². The summed E-state index contributed by atoms with van der Waals surface area (Å²) < 4.78 is 8.49. The normalized spacial score (nSPS) is 11.2. The zero-order valence-electron chi connectivity index (χ0n) is 14.5. The molecule has 0 aliphatic rings. The molecule has 4 rings (SSSR count). The minimum Gasteiger partial charge on any atom is -0.338 e. The van der Waals surface area contributed by atoms with Crippen molar-refractivity contribution in [2.24, 2.45) is 14.1 Å². The topological polar surface area (TPSA) is 82.1 Å². The average molecular weight is 403 g/mol. The van der Waals surface area contributed by atoms with Gasteiger partial charge in [0.1, 0.15) is 10.5 Å². The summed E-state index contributed by atoms with van der Waals surface area (Å²) in [6.45, 7) is 0. The summed E-state index contributed by atoms with van der Waals surface area (Å²) in [5.41, 5.74) is 2.01. The van der Waals surface area contributed by atoms with Crippen molar-refractivity contribution in [1.29, 1.82) is 0 Å². The number of nitrogens with one attached hydrogen (secondary N) is 1. The molecule has 27 heavy (non-hydrogen) atoms. The molecule has 3 heterocycles. The molecule has 0 bridgehead atoms. The zero-order chi connectivity index (χ0) is 19.1. The minimum atomic E-state index is -0.278. The number of amides is 1. The zero-order valence-corrected chi connectivity index (χ0v) is 16.1. The molecule has 0 saturated heterocycles. The van der Waals surface area contributed by atoms with Gasteiger partial charge < -0.3 is 4.52 Å². The number of hydrogen-bond donors (Lipinski definition) is 1. The summed E-state index contributed by atoms with van der Waals surface area (Å²) in [7, 11) is 3.52. The standard InChI is InChI=1S/C18H15ClN4O3S/c1-22-17(25)16-11(9-27-18(16)23(22)2)7-14(24)20-15-8-13(21-26-15)10-3-5-12(19)6-4-10/h3-6,8-9H,7H2,1-2H3,(H,20,24). The lowest BCUT2D eigenvalue weighted by Gasteiger charge is -1.99. The van der Waals surface area contributed by atoms with E-state index in [0.717, 1.165) is 10.4 Å². The average Bonchev–Trinajstić information content (AvgIpc) is 3.32. The number of hydrogen-bond acceptors (Lipinski definition) is 5. The first-order valence-corrected chi connectivity index (χ1v) is 9.34. The third-order valence-corrected chi connectivity index (χ3v) is 5.71. The number of aryl methyl sites for hydroxylation is 1. The molecule has 0 aliphatic carbocycles. The number of benzene rings is 1. The van der Waals surface area contributed by atoms with E-state index in [0.29, 0.717) is 21.7 Å². The Morgan fingerprint density at radius 2 is 2.00 bits per heavy atom. The van der Waals surface area contributed by atoms with Crippen LogP contribution >= 0.6 is 22.9 Å². The Hall–Kier alpha value is -2.84. The van der Waals surface area contributed by atoms with Crippen LogP contribution in [0.25, 0.3) is 21.5 Å². The molecule has 1 amide bonds. The van der Waals surface area contributed by atoms with Gasteiger partial charge >= 0.3 is 0 Å². The van der Waals surface area contributed by atoms with Gasteiger partial charge in [-0.3, -0.25) is 24.3 Å². The van der Waals surface area contributed by atoms with Crippen molar-refractivity contribution in [3.8, 4) is 11.3 Å². The number of rotatable bonds is 4. The van der Waals surface area contributed by atoms with Crippen molar-refractivity contribution >= 4 is 44.9 Å². The molecule has 0 atom stereocenters. The number of anilines is 1. The second kappa shape index (κ2) is 6.71. The van der Waals surface area contributed by atoms with Crippen LogP contribution in [-0.4, -0.2) is 20.4 Å². The first-order chi connectivity index (χ1) is 12.9. The Morgan fingerprint density at radius 3 is 2.74 bits per heavy atom. The van der Waals surface area contributed by atoms with Gasteiger partial charge in [-0.15, -0.1) is 11.3 Å². The third kappa shape index (κ3) is 3.17. The minimum absolute atomic E-state index is 0.0796. The Labute approximate surface area is 162 Å². The Kier molecular flexibility index (Phi) is 4.37. The van der Waals surface area contributed by atoms with Crippen LogP contribution in [0.3, 0.4) is 0 Å². The van der Waals surface area contributed by atoms with Crippen LogP contribution in [0.4, 0.5) is 5.88 Å². The second-order valence-corrected chi connectivity index (χ2v) is 7.40. The molecular formula is C18H15ClN4O3S. The number of thiophene rings is 1. The van der Waals surface area contributed by atoms with Crippen molar-refractivity contribution in [3.05, 3.63) is 56.7 Å². The van der Waals surface area contributed by atoms with E-state index >= 15 is 0 Å². The van der Waals surface area contributed by atoms with E-state index in [9.17, 15) is 9.59 Å². The summed E-state index contributed by atoms with van der Waals surface area (Å²) in [6.07, 6.45) is 0.0796. The summed E-state index contributed by atoms with van der Waals surface area (Å²) in [6, 6.07) is 8.79. The van der Waals surface area contributed by atoms with Crippen LogP contribution in [0.15, 0.2) is 45.0 Å². The smallest absolute Gasteiger partial charge is 0.275 e. The van der Waals surface area contributed by atoms with Crippen LogP contribution in [0.2, 0.25) is 5.02 Å². The SMILES string of the molecule is Cn1c(=O)c2c(CC(=O)Nc3cc(-c4ccc(Cl)cc4)no3)csc2n1C. The van der Waals surface area contributed by atoms with E-state index in [1.54, 1.807) is 29.9 Å². The first kappa shape index (κ1) is 17.6. The Balaban J connectivity index is 1.51. The second-order valence-electron chi connectivity index (χ2n) is 6.10. The van der Waals surface area contributed by atoms with Gasteiger partial charge in [-0.2, -0.15) is 0 Å². The van der Waals surface area contributed by atoms with E-state index in [1.807, 2.05) is 24.6 Å². The van der Waals surface area contributed by atoms with Crippen molar-refractivity contribution in [3.63, 3.8) is 0 Å². The van der Waals surface area contributed by atoms with Gasteiger partial charge in [0.2, 0.25) is 11.8 Å². The van der Waals surface area contributed by atoms with Gasteiger partial charge in [0, 0.05) is 30.7 Å². The maximum atomic E-state index is 12.4. The number of halogens is 1. The van der Waals surface area contributed by atoms with Crippen LogP contribution in [0.1, 0.15) is 5.56 Å². The van der Waals surface area contributed by atoms with Gasteiger partial charge in [0.25, 0.3) is 5.56 Å². The Morgan fingerprint density at radius 1 is 1.26 bits per heavy atom. The highest BCUT2D eigenvalue weighted by molar-refractivity contribution is 7.17. The maximum absolute atomic E-state index is 12.4. The highest BCUT2D eigenvalue weighted by Crippen LogP contribution is 2.25. The maximum Gasteiger partial charge on any atom is 0.275 e. The molecule has 0 unspecified atom stereocenters. The van der Waals surface area contributed by atoms with Crippen molar-refractivity contribution in [2.75, 3.05) is 5.32 Å². The molecule has 0 radical (unpaired) electrons. The van der Waals surface area contributed by atoms with Gasteiger partial charge in [-0.1, -0.05) is 28.9 Å². The molecule has 0 spiro atoms. The number of fused-ring (bicyclic) bond motifs is 1. The van der Waals surface area contributed by atoms with E-state index < -0.39 is 0 Å². The van der Waals surface area contributed by atoms with Crippen LogP contribution in [0, 0.1) is 0 Å². The predicted octanol–water partition coefficient (Wildman–Crippen LogP) is 3.43. The molecule has 1 aromatic carbocycles. The molecule has 7 nitrogen and oxygen atoms in total. The highest BCUT2D eigenvalue weighted by atomic mass is 35.5. The summed E-state index contributed by atoms with van der Waals surface area (Å²) in [5.74, 6) is -0.0307. The molecule has 0 fully saturated rings. The number of carbonyl (C=O) groups excluding carboxylic acids is 1. The van der Waals surface area contributed by atoms with Crippen LogP contribution < -0.4 is 10.9 Å². The lowest BCUT2D eigenvalue weighted by molar-refractivity contribution is -0.115. The molecule has 3 aromatic heterocycles. The molecule has 0 aliphatic heterocycles. The largest absolute Gasteiger partial charge is 0.338 e. The molecule has 0 saturated carbocycles. The lowest BCUT2D eigenvalue weighted by Crippen LogP contribution is -2.18. The van der Waals surface area contributed by atoms with Crippen molar-refractivity contribution in [2.45, 2.75) is 6.42 Å². The lowest BCUT2D eigenvalue weighted by atomic mass is 10.1. The van der Waals surface area contributed by atoms with E-state index in [1.165, 1.54) is 16.0 Å². The van der Waals surface area contributed by atoms with Gasteiger partial charge in [0.05, 0.1) is 11.8 Å². The molecule has 138 valence electrons. The fourth-order valence-corrected chi connectivity index (χ4v) is 4.05. The quantitative estimate of drug-likeness (QED) is 0.567. The molecule has 4 aromatic rings. The van der Waals surface area contributed by atoms with Gasteiger partial charge in [0.15, 0.2) is 0 Å². The van der Waals surface area contributed by atoms with E-state index in [2.05, 4.69) is 10.5 Å². The highest BCUT2D eigenvalue weighted by Gasteiger charge is 2.18. The first-order valence-electron chi connectivity index (χ1n) is 8.08. The molecule has 1 N–H and O–H groups in total. The number of aromatic nitrogens is 3. The van der Waals surface area contributed by atoms with E-state index in [-0.39, 0.29) is 23.8 Å². The van der Waals surface area contributed by atoms with Crippen molar-refractivity contribution < 1.29 is 9.32 Å². The summed E-state index contributed by atoms with van der Waals surface area (Å²) in [5, 5.41) is 9.69. The fourth-order valence-electron chi connectivity index (χ4n) is 2.86. The van der Waals surface area contributed by atoms with Gasteiger partial charge in [-0.25, -0.2) is 0 Å². The summed E-state index contributed by atoms with van der Waals surface area (Å²) >= 11 is 7.32. The van der Waals surface area contributed by atoms with Crippen LogP contribution in [0.5, 0.6) is 0 Å². The van der Waals surface area contributed by atoms with Gasteiger partial charge in [-0.05, 0) is 23.1 Å². The Bertz CT molecular complexity index is 1200.